The zero-order valence-electron chi connectivity index (χ0n) is 9.60. The van der Waals surface area contributed by atoms with Crippen LogP contribution in [0.5, 0.6) is 0 Å². The first-order valence-electron chi connectivity index (χ1n) is 6.45. The van der Waals surface area contributed by atoms with Crippen molar-refractivity contribution < 1.29 is 5.11 Å². The Balaban J connectivity index is 1.75. The number of hydrogen-bond acceptors (Lipinski definition) is 3. The van der Waals surface area contributed by atoms with Crippen molar-refractivity contribution in [1.82, 2.24) is 10.6 Å². The first-order chi connectivity index (χ1) is 7.29. The van der Waals surface area contributed by atoms with Crippen LogP contribution in [0.3, 0.4) is 0 Å². The Labute approximate surface area is 92.6 Å². The first-order valence-corrected chi connectivity index (χ1v) is 6.45. The maximum absolute atomic E-state index is 10.4. The normalized spacial score (nSPS) is 31.4. The van der Waals surface area contributed by atoms with Crippen LogP contribution < -0.4 is 10.6 Å². The summed E-state index contributed by atoms with van der Waals surface area (Å²) in [5, 5.41) is 17.3. The molecular weight excluding hydrogens is 188 g/mol. The van der Waals surface area contributed by atoms with Crippen LogP contribution in [0.4, 0.5) is 0 Å². The zero-order chi connectivity index (χ0) is 10.6. The van der Waals surface area contributed by atoms with Gasteiger partial charge in [0.1, 0.15) is 0 Å². The van der Waals surface area contributed by atoms with Crippen molar-refractivity contribution in [2.75, 3.05) is 19.6 Å². The van der Waals surface area contributed by atoms with E-state index in [1.807, 2.05) is 0 Å². The molecule has 1 heterocycles. The maximum atomic E-state index is 10.4. The molecule has 2 fully saturated rings. The van der Waals surface area contributed by atoms with E-state index in [0.29, 0.717) is 6.04 Å². The van der Waals surface area contributed by atoms with E-state index in [0.717, 1.165) is 32.5 Å². The first kappa shape index (κ1) is 11.4. The van der Waals surface area contributed by atoms with Gasteiger partial charge >= 0.3 is 0 Å². The van der Waals surface area contributed by atoms with Crippen molar-refractivity contribution >= 4 is 0 Å². The smallest absolute Gasteiger partial charge is 0.0771 e. The van der Waals surface area contributed by atoms with Gasteiger partial charge in [-0.05, 0) is 25.8 Å². The summed E-state index contributed by atoms with van der Waals surface area (Å²) in [4.78, 5) is 0. The van der Waals surface area contributed by atoms with E-state index in [9.17, 15) is 5.11 Å². The zero-order valence-corrected chi connectivity index (χ0v) is 9.60. The minimum atomic E-state index is -0.418. The molecule has 1 aliphatic carbocycles. The number of aliphatic hydroxyl groups is 1. The number of rotatable bonds is 3. The largest absolute Gasteiger partial charge is 0.389 e. The second-order valence-electron chi connectivity index (χ2n) is 5.21. The molecule has 3 nitrogen and oxygen atoms in total. The highest BCUT2D eigenvalue weighted by molar-refractivity contribution is 4.86. The molecule has 0 bridgehead atoms. The van der Waals surface area contributed by atoms with Crippen LogP contribution in [0.2, 0.25) is 0 Å². The van der Waals surface area contributed by atoms with Gasteiger partial charge < -0.3 is 15.7 Å². The van der Waals surface area contributed by atoms with Crippen molar-refractivity contribution in [3.05, 3.63) is 0 Å². The monoisotopic (exact) mass is 212 g/mol. The molecule has 1 aliphatic heterocycles. The Morgan fingerprint density at radius 1 is 1.20 bits per heavy atom. The van der Waals surface area contributed by atoms with E-state index >= 15 is 0 Å². The minimum Gasteiger partial charge on any atom is -0.389 e. The van der Waals surface area contributed by atoms with Gasteiger partial charge in [0.15, 0.2) is 0 Å². The molecule has 88 valence electrons. The summed E-state index contributed by atoms with van der Waals surface area (Å²) in [6.07, 6.45) is 8.17. The molecule has 0 amide bonds. The van der Waals surface area contributed by atoms with Gasteiger partial charge in [-0.15, -0.1) is 0 Å². The van der Waals surface area contributed by atoms with Crippen LogP contribution in [-0.4, -0.2) is 36.4 Å². The average molecular weight is 212 g/mol. The van der Waals surface area contributed by atoms with Crippen molar-refractivity contribution in [3.63, 3.8) is 0 Å². The summed E-state index contributed by atoms with van der Waals surface area (Å²) in [5.74, 6) is 0. The third kappa shape index (κ3) is 3.44. The Morgan fingerprint density at radius 2 is 1.93 bits per heavy atom. The van der Waals surface area contributed by atoms with Crippen LogP contribution in [-0.2, 0) is 0 Å². The highest BCUT2D eigenvalue weighted by Gasteiger charge is 2.28. The van der Waals surface area contributed by atoms with Gasteiger partial charge in [0, 0.05) is 19.1 Å². The molecule has 1 unspecified atom stereocenters. The Hall–Kier alpha value is -0.120. The molecule has 15 heavy (non-hydrogen) atoms. The molecular formula is C12H24N2O. The lowest BCUT2D eigenvalue weighted by Crippen LogP contribution is -2.44. The maximum Gasteiger partial charge on any atom is 0.0771 e. The molecule has 3 N–H and O–H groups in total. The highest BCUT2D eigenvalue weighted by Crippen LogP contribution is 2.26. The molecule has 0 spiro atoms. The topological polar surface area (TPSA) is 44.3 Å². The van der Waals surface area contributed by atoms with Crippen molar-refractivity contribution in [3.8, 4) is 0 Å². The predicted molar refractivity (Wildman–Crippen MR) is 61.9 cm³/mol. The molecule has 2 aliphatic rings. The van der Waals surface area contributed by atoms with Gasteiger partial charge in [0.2, 0.25) is 0 Å². The minimum absolute atomic E-state index is 0.418. The molecule has 1 atom stereocenters. The average Bonchev–Trinajstić information content (AvgIpc) is 2.65. The third-order valence-electron chi connectivity index (χ3n) is 3.81. The van der Waals surface area contributed by atoms with Gasteiger partial charge in [-0.25, -0.2) is 0 Å². The summed E-state index contributed by atoms with van der Waals surface area (Å²) in [7, 11) is 0. The standard InChI is InChI=1S/C12H24N2O/c15-12(6-3-1-2-4-7-12)10-14-11-5-8-13-9-11/h11,13-15H,1-10H2. The summed E-state index contributed by atoms with van der Waals surface area (Å²) >= 11 is 0. The second-order valence-corrected chi connectivity index (χ2v) is 5.21. The summed E-state index contributed by atoms with van der Waals surface area (Å²) in [6, 6.07) is 0.581. The van der Waals surface area contributed by atoms with Crippen LogP contribution >= 0.6 is 0 Å². The van der Waals surface area contributed by atoms with Gasteiger partial charge in [-0.3, -0.25) is 0 Å². The van der Waals surface area contributed by atoms with Crippen LogP contribution in [0.15, 0.2) is 0 Å². The van der Waals surface area contributed by atoms with Crippen molar-refractivity contribution in [2.45, 2.75) is 56.6 Å². The molecule has 3 heteroatoms. The van der Waals surface area contributed by atoms with E-state index in [1.165, 1.54) is 32.1 Å². The van der Waals surface area contributed by atoms with Gasteiger partial charge in [-0.2, -0.15) is 0 Å². The molecule has 0 radical (unpaired) electrons. The van der Waals surface area contributed by atoms with E-state index in [1.54, 1.807) is 0 Å². The lowest BCUT2D eigenvalue weighted by molar-refractivity contribution is 0.0232. The number of hydrogen-bond donors (Lipinski definition) is 3. The Morgan fingerprint density at radius 3 is 2.53 bits per heavy atom. The molecule has 1 saturated heterocycles. The third-order valence-corrected chi connectivity index (χ3v) is 3.81. The van der Waals surface area contributed by atoms with Gasteiger partial charge in [0.05, 0.1) is 5.60 Å². The molecule has 1 saturated carbocycles. The van der Waals surface area contributed by atoms with E-state index in [4.69, 9.17) is 0 Å². The Bertz CT molecular complexity index is 182. The van der Waals surface area contributed by atoms with Gasteiger partial charge in [0.25, 0.3) is 0 Å². The van der Waals surface area contributed by atoms with Gasteiger partial charge in [-0.1, -0.05) is 25.7 Å². The van der Waals surface area contributed by atoms with Crippen LogP contribution in [0, 0.1) is 0 Å². The van der Waals surface area contributed by atoms with Crippen molar-refractivity contribution in [1.29, 1.82) is 0 Å². The molecule has 0 aromatic heterocycles. The Kier molecular flexibility index (Phi) is 4.00. The van der Waals surface area contributed by atoms with E-state index in [-0.39, 0.29) is 0 Å². The molecule has 0 aromatic rings. The quantitative estimate of drug-likeness (QED) is 0.612. The van der Waals surface area contributed by atoms with E-state index < -0.39 is 5.60 Å². The lowest BCUT2D eigenvalue weighted by Gasteiger charge is -2.28. The van der Waals surface area contributed by atoms with Crippen LogP contribution in [0.25, 0.3) is 0 Å². The second kappa shape index (κ2) is 5.28. The SMILES string of the molecule is OC1(CNC2CCNC2)CCCCCC1. The lowest BCUT2D eigenvalue weighted by atomic mass is 9.94. The summed E-state index contributed by atoms with van der Waals surface area (Å²) in [5.41, 5.74) is -0.418. The fraction of sp³-hybridized carbons (Fsp3) is 1.00. The van der Waals surface area contributed by atoms with E-state index in [2.05, 4.69) is 10.6 Å². The van der Waals surface area contributed by atoms with Crippen LogP contribution in [0.1, 0.15) is 44.9 Å². The van der Waals surface area contributed by atoms with Crippen molar-refractivity contribution in [2.24, 2.45) is 0 Å². The highest BCUT2D eigenvalue weighted by atomic mass is 16.3. The predicted octanol–water partition coefficient (Wildman–Crippen LogP) is 1.02. The molecule has 2 rings (SSSR count). The summed E-state index contributed by atoms with van der Waals surface area (Å²) < 4.78 is 0. The fourth-order valence-corrected chi connectivity index (χ4v) is 2.73. The number of nitrogens with one attached hydrogen (secondary N) is 2. The fourth-order valence-electron chi connectivity index (χ4n) is 2.73. The summed E-state index contributed by atoms with van der Waals surface area (Å²) in [6.45, 7) is 2.98. The molecule has 0 aromatic carbocycles.